The molecule has 4 rings (SSSR count). The second kappa shape index (κ2) is 5.20. The van der Waals surface area contributed by atoms with Crippen LogP contribution in [-0.2, 0) is 17.3 Å². The number of fused-ring (bicyclic) bond motifs is 3. The molecule has 0 N–H and O–H groups in total. The van der Waals surface area contributed by atoms with Gasteiger partial charge in [-0.1, -0.05) is 29.8 Å². The van der Waals surface area contributed by atoms with Gasteiger partial charge in [0.05, 0.1) is 26.2 Å². The highest BCUT2D eigenvalue weighted by Crippen LogP contribution is 2.41. The first-order valence-electron chi connectivity index (χ1n) is 6.67. The topological polar surface area (TPSA) is 22.0 Å². The highest BCUT2D eigenvalue weighted by molar-refractivity contribution is 8.00. The molecule has 0 fully saturated rings. The Bertz CT molecular complexity index is 855. The molecule has 21 heavy (non-hydrogen) atoms. The maximum atomic E-state index is 13.0. The van der Waals surface area contributed by atoms with Crippen LogP contribution >= 0.6 is 23.4 Å². The molecule has 2 heterocycles. The standard InChI is InChI=1S/C16H12ClNOS2/c17-11-5-7-12(8-6-11)21(19)15-13-3-1-2-4-14(13)18-9-10-20-16(15)18/h1-8H,9-10H2. The van der Waals surface area contributed by atoms with Gasteiger partial charge in [-0.3, -0.25) is 0 Å². The van der Waals surface area contributed by atoms with E-state index in [0.717, 1.165) is 32.5 Å². The average Bonchev–Trinajstić information content (AvgIpc) is 3.07. The lowest BCUT2D eigenvalue weighted by atomic mass is 10.2. The molecule has 2 nitrogen and oxygen atoms in total. The fraction of sp³-hybridized carbons (Fsp3) is 0.125. The summed E-state index contributed by atoms with van der Waals surface area (Å²) in [6.07, 6.45) is 0. The van der Waals surface area contributed by atoms with E-state index in [-0.39, 0.29) is 0 Å². The summed E-state index contributed by atoms with van der Waals surface area (Å²) in [5.41, 5.74) is 1.18. The van der Waals surface area contributed by atoms with Crippen LogP contribution in [-0.4, -0.2) is 14.5 Å². The van der Waals surface area contributed by atoms with E-state index in [2.05, 4.69) is 16.7 Å². The minimum atomic E-state index is -1.18. The van der Waals surface area contributed by atoms with Crippen LogP contribution in [0.4, 0.5) is 0 Å². The van der Waals surface area contributed by atoms with E-state index in [1.165, 1.54) is 5.52 Å². The van der Waals surface area contributed by atoms with Crippen molar-refractivity contribution in [2.24, 2.45) is 0 Å². The molecule has 0 saturated carbocycles. The summed E-state index contributed by atoms with van der Waals surface area (Å²) in [7, 11) is -1.18. The summed E-state index contributed by atoms with van der Waals surface area (Å²) >= 11 is 7.71. The highest BCUT2D eigenvalue weighted by atomic mass is 35.5. The molecular formula is C16H12ClNOS2. The monoisotopic (exact) mass is 333 g/mol. The van der Waals surface area contributed by atoms with E-state index in [4.69, 9.17) is 11.6 Å². The fourth-order valence-electron chi connectivity index (χ4n) is 2.70. The Labute approximate surface area is 134 Å². The van der Waals surface area contributed by atoms with Crippen molar-refractivity contribution in [2.45, 2.75) is 21.4 Å². The van der Waals surface area contributed by atoms with E-state index in [9.17, 15) is 4.21 Å². The summed E-state index contributed by atoms with van der Waals surface area (Å²) < 4.78 is 15.3. The lowest BCUT2D eigenvalue weighted by molar-refractivity contribution is 0.679. The Morgan fingerprint density at radius 2 is 1.86 bits per heavy atom. The molecule has 0 bridgehead atoms. The van der Waals surface area contributed by atoms with Crippen molar-refractivity contribution in [1.29, 1.82) is 0 Å². The van der Waals surface area contributed by atoms with Gasteiger partial charge in [-0.15, -0.1) is 11.8 Å². The Balaban J connectivity index is 1.94. The van der Waals surface area contributed by atoms with Gasteiger partial charge in [0.1, 0.15) is 0 Å². The van der Waals surface area contributed by atoms with Gasteiger partial charge in [-0.25, -0.2) is 4.21 Å². The van der Waals surface area contributed by atoms with Gasteiger partial charge in [0.2, 0.25) is 0 Å². The van der Waals surface area contributed by atoms with Crippen LogP contribution in [0.2, 0.25) is 5.02 Å². The fourth-order valence-corrected chi connectivity index (χ4v) is 5.55. The van der Waals surface area contributed by atoms with Gasteiger partial charge in [0, 0.05) is 27.6 Å². The van der Waals surface area contributed by atoms with Gasteiger partial charge in [-0.2, -0.15) is 0 Å². The third-order valence-electron chi connectivity index (χ3n) is 3.65. The molecule has 0 amide bonds. The van der Waals surface area contributed by atoms with Crippen LogP contribution in [0, 0.1) is 0 Å². The van der Waals surface area contributed by atoms with Crippen molar-refractivity contribution in [3.63, 3.8) is 0 Å². The Kier molecular flexibility index (Phi) is 3.32. The van der Waals surface area contributed by atoms with E-state index >= 15 is 0 Å². The maximum Gasteiger partial charge on any atom is 0.0928 e. The zero-order valence-corrected chi connectivity index (χ0v) is 13.5. The number of hydrogen-bond acceptors (Lipinski definition) is 2. The molecule has 1 unspecified atom stereocenters. The number of thioether (sulfide) groups is 1. The van der Waals surface area contributed by atoms with E-state index < -0.39 is 10.8 Å². The van der Waals surface area contributed by atoms with Crippen molar-refractivity contribution in [3.8, 4) is 0 Å². The molecule has 0 spiro atoms. The number of halogens is 1. The lowest BCUT2D eigenvalue weighted by Crippen LogP contribution is -1.94. The van der Waals surface area contributed by atoms with Crippen LogP contribution in [0.3, 0.4) is 0 Å². The molecule has 1 aliphatic heterocycles. The SMILES string of the molecule is O=S(c1ccc(Cl)cc1)c1c2n(c3ccccc13)CCS2. The van der Waals surface area contributed by atoms with Crippen LogP contribution < -0.4 is 0 Å². The second-order valence-corrected chi connectivity index (χ2v) is 7.81. The second-order valence-electron chi connectivity index (χ2n) is 4.87. The molecule has 106 valence electrons. The molecule has 3 aromatic rings. The van der Waals surface area contributed by atoms with Gasteiger partial charge < -0.3 is 4.57 Å². The minimum Gasteiger partial charge on any atom is -0.334 e. The lowest BCUT2D eigenvalue weighted by Gasteiger charge is -2.03. The zero-order chi connectivity index (χ0) is 14.4. The van der Waals surface area contributed by atoms with E-state index in [1.807, 2.05) is 24.3 Å². The minimum absolute atomic E-state index is 0.664. The molecule has 1 atom stereocenters. The van der Waals surface area contributed by atoms with Crippen LogP contribution in [0.5, 0.6) is 0 Å². The quantitative estimate of drug-likeness (QED) is 0.685. The summed E-state index contributed by atoms with van der Waals surface area (Å²) in [6, 6.07) is 15.5. The van der Waals surface area contributed by atoms with E-state index in [0.29, 0.717) is 5.02 Å². The summed E-state index contributed by atoms with van der Waals surface area (Å²) in [6.45, 7) is 0.984. The molecule has 0 aliphatic carbocycles. The number of para-hydroxylation sites is 1. The summed E-state index contributed by atoms with van der Waals surface area (Å²) in [4.78, 5) is 1.74. The smallest absolute Gasteiger partial charge is 0.0928 e. The highest BCUT2D eigenvalue weighted by Gasteiger charge is 2.25. The number of aryl methyl sites for hydroxylation is 1. The largest absolute Gasteiger partial charge is 0.334 e. The molecule has 0 radical (unpaired) electrons. The molecule has 1 aliphatic rings. The number of aromatic nitrogens is 1. The molecule has 2 aromatic carbocycles. The zero-order valence-electron chi connectivity index (χ0n) is 11.1. The predicted molar refractivity (Wildman–Crippen MR) is 88.8 cm³/mol. The van der Waals surface area contributed by atoms with Gasteiger partial charge in [0.15, 0.2) is 0 Å². The molecule has 1 aromatic heterocycles. The van der Waals surface area contributed by atoms with Crippen LogP contribution in [0.15, 0.2) is 63.3 Å². The molecular weight excluding hydrogens is 322 g/mol. The Morgan fingerprint density at radius 3 is 2.67 bits per heavy atom. The third-order valence-corrected chi connectivity index (χ3v) is 6.60. The van der Waals surface area contributed by atoms with Gasteiger partial charge in [0.25, 0.3) is 0 Å². The van der Waals surface area contributed by atoms with Crippen LogP contribution in [0.1, 0.15) is 0 Å². The van der Waals surface area contributed by atoms with E-state index in [1.54, 1.807) is 23.9 Å². The first-order valence-corrected chi connectivity index (χ1v) is 9.18. The van der Waals surface area contributed by atoms with Crippen molar-refractivity contribution >= 4 is 45.1 Å². The normalized spacial score (nSPS) is 15.3. The number of benzene rings is 2. The first-order chi connectivity index (χ1) is 10.3. The predicted octanol–water partition coefficient (Wildman–Crippen LogP) is 4.57. The van der Waals surface area contributed by atoms with Crippen molar-refractivity contribution < 1.29 is 4.21 Å². The van der Waals surface area contributed by atoms with Crippen molar-refractivity contribution in [2.75, 3.05) is 5.75 Å². The van der Waals surface area contributed by atoms with Crippen molar-refractivity contribution in [1.82, 2.24) is 4.57 Å². The molecule has 0 saturated heterocycles. The Hall–Kier alpha value is -1.23. The average molecular weight is 334 g/mol. The Morgan fingerprint density at radius 1 is 1.10 bits per heavy atom. The molecule has 5 heteroatoms. The number of hydrogen-bond donors (Lipinski definition) is 0. The summed E-state index contributed by atoms with van der Waals surface area (Å²) in [5, 5.41) is 2.90. The first kappa shape index (κ1) is 13.4. The van der Waals surface area contributed by atoms with Crippen LogP contribution in [0.25, 0.3) is 10.9 Å². The van der Waals surface area contributed by atoms with Gasteiger partial charge in [-0.05, 0) is 30.3 Å². The third kappa shape index (κ3) is 2.13. The maximum absolute atomic E-state index is 13.0. The number of rotatable bonds is 2. The van der Waals surface area contributed by atoms with Crippen molar-refractivity contribution in [3.05, 3.63) is 53.6 Å². The number of nitrogens with zero attached hydrogens (tertiary/aromatic N) is 1. The van der Waals surface area contributed by atoms with Gasteiger partial charge >= 0.3 is 0 Å². The summed E-state index contributed by atoms with van der Waals surface area (Å²) in [5.74, 6) is 1.05.